The summed E-state index contributed by atoms with van der Waals surface area (Å²) in [6, 6.07) is -0.472. The van der Waals surface area contributed by atoms with E-state index in [1.54, 1.807) is 45.5 Å². The monoisotopic (exact) mass is 540 g/mol. The van der Waals surface area contributed by atoms with E-state index < -0.39 is 25.5 Å². The van der Waals surface area contributed by atoms with Crippen LogP contribution in [0.3, 0.4) is 0 Å². The molecule has 0 aromatic carbocycles. The van der Waals surface area contributed by atoms with Gasteiger partial charge >= 0.3 is 19.9 Å². The van der Waals surface area contributed by atoms with E-state index in [1.807, 2.05) is 6.92 Å². The summed E-state index contributed by atoms with van der Waals surface area (Å²) in [5.74, 6) is -0.420. The maximum absolute atomic E-state index is 12.3. The molecule has 0 bridgehead atoms. The molecule has 5 N–H and O–H groups in total. The Bertz CT molecular complexity index is 1070. The van der Waals surface area contributed by atoms with Gasteiger partial charge < -0.3 is 30.2 Å². The number of nitrogens with zero attached hydrogens (tertiary/aromatic N) is 4. The molecule has 3 atom stereocenters. The van der Waals surface area contributed by atoms with Crippen molar-refractivity contribution in [1.29, 1.82) is 0 Å². The molecule has 1 fully saturated rings. The normalized spacial score (nSPS) is 15.8. The number of anilines is 1. The standard InChI is InChI=1S/C16H26N6O4P.C7H13NO2/c1-10(2)26-15(23)16(4,5)21-27(24)9-25-11(3)6-22-8-20-12-13(17)18-7-19-14(12)22;1-5(8)7(9)10-6-3-2-4-6/h7-8,10-11H,6,9H2,1-5H3,(H,21,24)(H2,17,18,19);5-6H,2-4,8H2,1H3/q+1;. The summed E-state index contributed by atoms with van der Waals surface area (Å²) in [6.07, 6.45) is 5.81. The summed E-state index contributed by atoms with van der Waals surface area (Å²) in [5, 5.41) is 2.77. The third kappa shape index (κ3) is 9.58. The van der Waals surface area contributed by atoms with Crippen molar-refractivity contribution in [3.8, 4) is 0 Å². The topological polar surface area (TPSA) is 187 Å². The van der Waals surface area contributed by atoms with Crippen LogP contribution in [0, 0.1) is 0 Å². The minimum atomic E-state index is -1.96. The van der Waals surface area contributed by atoms with Gasteiger partial charge in [-0.1, -0.05) is 5.09 Å². The Kier molecular flexibility index (Phi) is 11.3. The van der Waals surface area contributed by atoms with Crippen molar-refractivity contribution < 1.29 is 28.4 Å². The Hall–Kier alpha value is -2.73. The number of aromatic nitrogens is 4. The van der Waals surface area contributed by atoms with Gasteiger partial charge in [-0.3, -0.25) is 4.79 Å². The average Bonchev–Trinajstić information content (AvgIpc) is 3.18. The van der Waals surface area contributed by atoms with Crippen LogP contribution in [0.25, 0.3) is 11.2 Å². The van der Waals surface area contributed by atoms with E-state index in [9.17, 15) is 14.2 Å². The Balaban J connectivity index is 0.000000402. The van der Waals surface area contributed by atoms with Gasteiger partial charge in [0.15, 0.2) is 17.0 Å². The first kappa shape index (κ1) is 30.5. The Morgan fingerprint density at radius 3 is 2.46 bits per heavy atom. The van der Waals surface area contributed by atoms with Gasteiger partial charge in [0, 0.05) is 0 Å². The summed E-state index contributed by atoms with van der Waals surface area (Å²) in [7, 11) is -1.96. The molecule has 0 radical (unpaired) electrons. The highest BCUT2D eigenvalue weighted by Gasteiger charge is 2.38. The largest absolute Gasteiger partial charge is 0.462 e. The van der Waals surface area contributed by atoms with E-state index in [2.05, 4.69) is 20.0 Å². The fourth-order valence-electron chi connectivity index (χ4n) is 3.07. The van der Waals surface area contributed by atoms with Crippen LogP contribution in [-0.2, 0) is 34.9 Å². The zero-order valence-electron chi connectivity index (χ0n) is 22.3. The van der Waals surface area contributed by atoms with Crippen molar-refractivity contribution in [2.45, 2.75) is 97.2 Å². The van der Waals surface area contributed by atoms with E-state index >= 15 is 0 Å². The van der Waals surface area contributed by atoms with Crippen molar-refractivity contribution in [3.63, 3.8) is 0 Å². The highest BCUT2D eigenvalue weighted by atomic mass is 31.1. The molecule has 0 saturated heterocycles. The zero-order valence-corrected chi connectivity index (χ0v) is 23.2. The van der Waals surface area contributed by atoms with Crippen LogP contribution in [0.4, 0.5) is 5.82 Å². The van der Waals surface area contributed by atoms with Gasteiger partial charge in [0.25, 0.3) is 6.35 Å². The van der Waals surface area contributed by atoms with Crippen LogP contribution in [0.2, 0.25) is 0 Å². The molecular formula is C23H39N7O6P+. The van der Waals surface area contributed by atoms with Crippen LogP contribution in [0.15, 0.2) is 12.7 Å². The van der Waals surface area contributed by atoms with Crippen molar-refractivity contribution in [1.82, 2.24) is 24.6 Å². The molecule has 0 amide bonds. The third-order valence-electron chi connectivity index (χ3n) is 5.32. The highest BCUT2D eigenvalue weighted by Crippen LogP contribution is 2.24. The van der Waals surface area contributed by atoms with E-state index in [0.29, 0.717) is 23.5 Å². The molecular weight excluding hydrogens is 501 g/mol. The molecule has 0 spiro atoms. The van der Waals surface area contributed by atoms with Gasteiger partial charge in [-0.15, -0.1) is 0 Å². The second-order valence-electron chi connectivity index (χ2n) is 9.78. The Labute approximate surface area is 217 Å². The van der Waals surface area contributed by atoms with Crippen LogP contribution in [0.1, 0.15) is 60.8 Å². The fraction of sp³-hybridized carbons (Fsp3) is 0.696. The Morgan fingerprint density at radius 2 is 1.89 bits per heavy atom. The van der Waals surface area contributed by atoms with Crippen LogP contribution in [-0.4, -0.2) is 67.7 Å². The molecule has 14 heteroatoms. The number of rotatable bonds is 11. The highest BCUT2D eigenvalue weighted by molar-refractivity contribution is 7.42. The van der Waals surface area contributed by atoms with Gasteiger partial charge in [0.05, 0.1) is 25.1 Å². The molecule has 206 valence electrons. The molecule has 3 rings (SSSR count). The number of nitrogens with one attached hydrogen (secondary N) is 1. The molecule has 1 aliphatic carbocycles. The number of ether oxygens (including phenoxy) is 3. The summed E-state index contributed by atoms with van der Waals surface area (Å²) in [4.78, 5) is 35.1. The molecule has 1 aliphatic rings. The average molecular weight is 541 g/mol. The molecule has 13 nitrogen and oxygen atoms in total. The Morgan fingerprint density at radius 1 is 1.22 bits per heavy atom. The molecule has 37 heavy (non-hydrogen) atoms. The summed E-state index contributed by atoms with van der Waals surface area (Å²) < 4.78 is 29.8. The molecule has 1 saturated carbocycles. The number of esters is 2. The molecule has 2 aromatic heterocycles. The van der Waals surface area contributed by atoms with Crippen molar-refractivity contribution >= 4 is 36.9 Å². The number of fused-ring (bicyclic) bond motifs is 1. The molecule has 0 aliphatic heterocycles. The summed E-state index contributed by atoms with van der Waals surface area (Å²) >= 11 is 0. The van der Waals surface area contributed by atoms with E-state index in [1.165, 1.54) is 12.7 Å². The predicted octanol–water partition coefficient (Wildman–Crippen LogP) is 2.26. The van der Waals surface area contributed by atoms with Gasteiger partial charge in [0.1, 0.15) is 24.0 Å². The molecule has 3 unspecified atom stereocenters. The fourth-order valence-corrected chi connectivity index (χ4v) is 4.24. The number of hydrogen-bond acceptors (Lipinski definition) is 11. The number of carbonyl (C=O) groups excluding carboxylic acids is 2. The lowest BCUT2D eigenvalue weighted by Crippen LogP contribution is -2.45. The smallest absolute Gasteiger partial charge is 0.461 e. The third-order valence-corrected chi connectivity index (χ3v) is 6.52. The van der Waals surface area contributed by atoms with Crippen LogP contribution >= 0.6 is 7.95 Å². The lowest BCUT2D eigenvalue weighted by atomic mass is 9.96. The van der Waals surface area contributed by atoms with E-state index in [4.69, 9.17) is 25.7 Å². The number of nitrogens with two attached hydrogens (primary N) is 2. The van der Waals surface area contributed by atoms with Gasteiger partial charge in [0.2, 0.25) is 0 Å². The molecule has 2 heterocycles. The van der Waals surface area contributed by atoms with Crippen LogP contribution < -0.4 is 16.6 Å². The van der Waals surface area contributed by atoms with E-state index in [-0.39, 0.29) is 30.6 Å². The minimum Gasteiger partial charge on any atom is -0.462 e. The first-order valence-corrected chi connectivity index (χ1v) is 13.7. The minimum absolute atomic E-state index is 0.0430. The maximum Gasteiger partial charge on any atom is 0.461 e. The lowest BCUT2D eigenvalue weighted by Gasteiger charge is -2.25. The SMILES string of the molecule is CC(C)OC(=O)C(C)(C)N[P+](=O)COC(C)Cn1cnc2c(N)ncnc21.CC(N)C(=O)OC1CCC1. The van der Waals surface area contributed by atoms with Gasteiger partial charge in [-0.05, 0) is 65.4 Å². The van der Waals surface area contributed by atoms with Crippen LogP contribution in [0.5, 0.6) is 0 Å². The van der Waals surface area contributed by atoms with Gasteiger partial charge in [-0.25, -0.2) is 19.7 Å². The van der Waals surface area contributed by atoms with Gasteiger partial charge in [-0.2, -0.15) is 0 Å². The van der Waals surface area contributed by atoms with E-state index in [0.717, 1.165) is 12.8 Å². The summed E-state index contributed by atoms with van der Waals surface area (Å²) in [5.41, 5.74) is 11.1. The molecule has 2 aromatic rings. The first-order valence-electron chi connectivity index (χ1n) is 12.2. The zero-order chi connectivity index (χ0) is 27.8. The number of hydrogen-bond donors (Lipinski definition) is 3. The number of imidazole rings is 1. The van der Waals surface area contributed by atoms with Crippen molar-refractivity contribution in [2.24, 2.45) is 5.73 Å². The lowest BCUT2D eigenvalue weighted by molar-refractivity contribution is -0.154. The predicted molar refractivity (Wildman–Crippen MR) is 139 cm³/mol. The maximum atomic E-state index is 12.3. The van der Waals surface area contributed by atoms with Crippen molar-refractivity contribution in [2.75, 3.05) is 12.1 Å². The van der Waals surface area contributed by atoms with Crippen molar-refractivity contribution in [3.05, 3.63) is 12.7 Å². The second-order valence-corrected chi connectivity index (χ2v) is 11.0. The second kappa shape index (κ2) is 13.7. The number of carbonyl (C=O) groups is 2. The number of nitrogen functional groups attached to an aromatic ring is 1. The summed E-state index contributed by atoms with van der Waals surface area (Å²) in [6.45, 7) is 10.7. The first-order chi connectivity index (χ1) is 17.3. The quantitative estimate of drug-likeness (QED) is 0.279.